The fourth-order valence-electron chi connectivity index (χ4n) is 7.14. The summed E-state index contributed by atoms with van der Waals surface area (Å²) in [4.78, 5) is 15.0. The quantitative estimate of drug-likeness (QED) is 0.188. The Bertz CT molecular complexity index is 2800. The highest BCUT2D eigenvalue weighted by Gasteiger charge is 2.20. The number of nitrogens with zero attached hydrogens (tertiary/aromatic N) is 4. The molecule has 0 saturated carbocycles. The van der Waals surface area contributed by atoms with E-state index in [1.807, 2.05) is 72.8 Å². The molecule has 0 aliphatic carbocycles. The van der Waals surface area contributed by atoms with Gasteiger partial charge in [0.2, 0.25) is 0 Å². The van der Waals surface area contributed by atoms with Gasteiger partial charge in [-0.3, -0.25) is 0 Å². The summed E-state index contributed by atoms with van der Waals surface area (Å²) in [5.41, 5.74) is 9.95. The third-order valence-corrected chi connectivity index (χ3v) is 9.43. The van der Waals surface area contributed by atoms with Gasteiger partial charge in [-0.05, 0) is 59.7 Å². The lowest BCUT2D eigenvalue weighted by Crippen LogP contribution is -2.00. The minimum atomic E-state index is 0.586. The van der Waals surface area contributed by atoms with Gasteiger partial charge in [-0.15, -0.1) is 0 Å². The van der Waals surface area contributed by atoms with Crippen molar-refractivity contribution in [3.63, 3.8) is 0 Å². The third kappa shape index (κ3) is 4.60. The van der Waals surface area contributed by atoms with E-state index >= 15 is 0 Å². The van der Waals surface area contributed by atoms with E-state index in [0.29, 0.717) is 17.5 Å². The zero-order chi connectivity index (χ0) is 33.0. The molecule has 0 N–H and O–H groups in total. The Balaban J connectivity index is 1.24. The summed E-state index contributed by atoms with van der Waals surface area (Å²) in [7, 11) is 0. The van der Waals surface area contributed by atoms with E-state index < -0.39 is 0 Å². The summed E-state index contributed by atoms with van der Waals surface area (Å²) >= 11 is 0. The average Bonchev–Trinajstić information content (AvgIpc) is 3.74. The van der Waals surface area contributed by atoms with Crippen LogP contribution in [0.2, 0.25) is 0 Å². The molecule has 3 heterocycles. The Kier molecular flexibility index (Phi) is 6.42. The highest BCUT2D eigenvalue weighted by molar-refractivity contribution is 6.16. The summed E-state index contributed by atoms with van der Waals surface area (Å²) in [5, 5.41) is 4.53. The van der Waals surface area contributed by atoms with Crippen LogP contribution in [-0.2, 0) is 0 Å². The lowest BCUT2D eigenvalue weighted by Gasteiger charge is -2.11. The largest absolute Gasteiger partial charge is 0.456 e. The zero-order valence-electron chi connectivity index (χ0n) is 26.9. The summed E-state index contributed by atoms with van der Waals surface area (Å²) in [5.74, 6) is 1.83. The first-order valence-corrected chi connectivity index (χ1v) is 16.7. The van der Waals surface area contributed by atoms with Crippen molar-refractivity contribution in [2.45, 2.75) is 0 Å². The lowest BCUT2D eigenvalue weighted by atomic mass is 9.95. The minimum absolute atomic E-state index is 0.586. The number of furan rings is 1. The molecule has 0 radical (unpaired) electrons. The normalized spacial score (nSPS) is 11.6. The molecule has 0 atom stereocenters. The second-order valence-corrected chi connectivity index (χ2v) is 12.5. The fraction of sp³-hybridized carbons (Fsp3) is 0. The molecule has 5 nitrogen and oxygen atoms in total. The molecule has 10 rings (SSSR count). The van der Waals surface area contributed by atoms with Gasteiger partial charge in [0.15, 0.2) is 17.5 Å². The number of fused-ring (bicyclic) bond motifs is 6. The van der Waals surface area contributed by atoms with E-state index in [1.165, 1.54) is 16.3 Å². The van der Waals surface area contributed by atoms with Gasteiger partial charge in [0, 0.05) is 43.9 Å². The van der Waals surface area contributed by atoms with E-state index in [-0.39, 0.29) is 0 Å². The predicted octanol–water partition coefficient (Wildman–Crippen LogP) is 11.5. The Labute approximate surface area is 287 Å². The molecular weight excluding hydrogens is 613 g/mol. The van der Waals surface area contributed by atoms with Crippen LogP contribution in [0.4, 0.5) is 0 Å². The number of rotatable bonds is 5. The molecule has 0 bridgehead atoms. The Morgan fingerprint density at radius 2 is 0.940 bits per heavy atom. The lowest BCUT2D eigenvalue weighted by molar-refractivity contribution is 0.669. The smallest absolute Gasteiger partial charge is 0.164 e. The molecule has 0 saturated heterocycles. The molecule has 0 aliphatic rings. The van der Waals surface area contributed by atoms with Crippen molar-refractivity contribution in [1.29, 1.82) is 0 Å². The Morgan fingerprint density at radius 3 is 1.64 bits per heavy atom. The van der Waals surface area contributed by atoms with Gasteiger partial charge in [-0.2, -0.15) is 0 Å². The molecule has 7 aromatic carbocycles. The maximum Gasteiger partial charge on any atom is 0.164 e. The van der Waals surface area contributed by atoms with Gasteiger partial charge in [0.1, 0.15) is 11.2 Å². The van der Waals surface area contributed by atoms with Gasteiger partial charge in [0.25, 0.3) is 0 Å². The van der Waals surface area contributed by atoms with E-state index in [4.69, 9.17) is 19.4 Å². The second kappa shape index (κ2) is 11.4. The third-order valence-electron chi connectivity index (χ3n) is 9.43. The van der Waals surface area contributed by atoms with Crippen LogP contribution in [0.15, 0.2) is 174 Å². The number of hydrogen-bond donors (Lipinski definition) is 0. The molecule has 0 spiro atoms. The molecule has 0 unspecified atom stereocenters. The van der Waals surface area contributed by atoms with Crippen LogP contribution in [0, 0.1) is 0 Å². The monoisotopic (exact) mass is 640 g/mol. The number of hydrogen-bond acceptors (Lipinski definition) is 4. The van der Waals surface area contributed by atoms with Crippen LogP contribution in [0.3, 0.4) is 0 Å². The van der Waals surface area contributed by atoms with E-state index in [0.717, 1.165) is 61.0 Å². The first-order valence-electron chi connectivity index (χ1n) is 16.7. The number of para-hydroxylation sites is 3. The van der Waals surface area contributed by atoms with Crippen LogP contribution in [0.25, 0.3) is 94.7 Å². The Morgan fingerprint density at radius 1 is 0.380 bits per heavy atom. The van der Waals surface area contributed by atoms with E-state index in [2.05, 4.69) is 102 Å². The standard InChI is InChI=1S/C45H28N4O/c1-4-14-29(15-5-1)43-46-44(30-16-6-2-7-17-30)48-45(47-43)32-27-36(42-35-21-11-13-23-40(35)50-41(42)28-32)31-24-25-39-37(26-31)34-20-10-12-22-38(34)49(39)33-18-8-3-9-19-33/h1-28H. The van der Waals surface area contributed by atoms with Crippen molar-refractivity contribution in [2.24, 2.45) is 0 Å². The maximum absolute atomic E-state index is 6.55. The number of aromatic nitrogens is 4. The van der Waals surface area contributed by atoms with Crippen molar-refractivity contribution in [3.05, 3.63) is 170 Å². The van der Waals surface area contributed by atoms with Gasteiger partial charge in [0.05, 0.1) is 11.0 Å². The van der Waals surface area contributed by atoms with Crippen LogP contribution < -0.4 is 0 Å². The van der Waals surface area contributed by atoms with Gasteiger partial charge >= 0.3 is 0 Å². The molecule has 0 amide bonds. The Hall–Kier alpha value is -6.85. The molecular formula is C45H28N4O. The molecule has 10 aromatic rings. The van der Waals surface area contributed by atoms with Gasteiger partial charge < -0.3 is 8.98 Å². The molecule has 0 fully saturated rings. The summed E-state index contributed by atoms with van der Waals surface area (Å²) < 4.78 is 8.89. The molecule has 0 aliphatic heterocycles. The maximum atomic E-state index is 6.55. The first kappa shape index (κ1) is 28.2. The molecule has 50 heavy (non-hydrogen) atoms. The van der Waals surface area contributed by atoms with Crippen LogP contribution in [0.1, 0.15) is 0 Å². The average molecular weight is 641 g/mol. The van der Waals surface area contributed by atoms with Crippen LogP contribution >= 0.6 is 0 Å². The fourth-order valence-corrected chi connectivity index (χ4v) is 7.14. The van der Waals surface area contributed by atoms with Crippen molar-refractivity contribution < 1.29 is 4.42 Å². The van der Waals surface area contributed by atoms with Gasteiger partial charge in [-0.25, -0.2) is 15.0 Å². The minimum Gasteiger partial charge on any atom is -0.456 e. The van der Waals surface area contributed by atoms with Crippen LogP contribution in [0.5, 0.6) is 0 Å². The molecule has 234 valence electrons. The van der Waals surface area contributed by atoms with Crippen molar-refractivity contribution >= 4 is 43.7 Å². The summed E-state index contributed by atoms with van der Waals surface area (Å²) in [6, 6.07) is 58.6. The van der Waals surface area contributed by atoms with Crippen molar-refractivity contribution in [3.8, 4) is 51.0 Å². The summed E-state index contributed by atoms with van der Waals surface area (Å²) in [6.07, 6.45) is 0. The predicted molar refractivity (Wildman–Crippen MR) is 203 cm³/mol. The topological polar surface area (TPSA) is 56.7 Å². The summed E-state index contributed by atoms with van der Waals surface area (Å²) in [6.45, 7) is 0. The SMILES string of the molecule is c1ccc(-c2nc(-c3ccccc3)nc(-c3cc(-c4ccc5c(c4)c4ccccc4n5-c4ccccc4)c4c(c3)oc3ccccc34)n2)cc1. The van der Waals surface area contributed by atoms with E-state index in [1.54, 1.807) is 0 Å². The highest BCUT2D eigenvalue weighted by atomic mass is 16.3. The first-order chi connectivity index (χ1) is 24.8. The van der Waals surface area contributed by atoms with Crippen molar-refractivity contribution in [1.82, 2.24) is 19.5 Å². The highest BCUT2D eigenvalue weighted by Crippen LogP contribution is 2.42. The number of benzene rings is 7. The second-order valence-electron chi connectivity index (χ2n) is 12.5. The molecule has 3 aromatic heterocycles. The van der Waals surface area contributed by atoms with Gasteiger partial charge in [-0.1, -0.05) is 121 Å². The van der Waals surface area contributed by atoms with E-state index in [9.17, 15) is 0 Å². The van der Waals surface area contributed by atoms with Crippen molar-refractivity contribution in [2.75, 3.05) is 0 Å². The zero-order valence-corrected chi connectivity index (χ0v) is 26.9. The molecule has 5 heteroatoms. The van der Waals surface area contributed by atoms with Crippen LogP contribution in [-0.4, -0.2) is 19.5 Å².